The van der Waals surface area contributed by atoms with Gasteiger partial charge in [-0.3, -0.25) is 5.73 Å². The van der Waals surface area contributed by atoms with Crippen molar-refractivity contribution in [3.05, 3.63) is 24.6 Å². The first-order chi connectivity index (χ1) is 11.0. The molecule has 0 bridgehead atoms. The summed E-state index contributed by atoms with van der Waals surface area (Å²) in [5.74, 6) is -0.250. The zero-order chi connectivity index (χ0) is 17.1. The molecule has 2 unspecified atom stereocenters. The minimum absolute atomic E-state index is 0.103. The first kappa shape index (κ1) is 19.6. The molecule has 0 radical (unpaired) electrons. The van der Waals surface area contributed by atoms with Gasteiger partial charge in [0.05, 0.1) is 12.2 Å². The van der Waals surface area contributed by atoms with Crippen LogP contribution in [0.25, 0.3) is 0 Å². The standard InChI is InChI=1S/C18H31N3O2/c1-3-4-5-6-7-8-9-10-11-12-17-20-13-14-21(17,16(2)19)15-18(22)23/h3-4,13-14,16H,5-12,15,19H2,1-2H3/b4-3+. The quantitative estimate of drug-likeness (QED) is 0.341. The number of unbranched alkanes of at least 4 members (excludes halogenated alkanes) is 6. The molecule has 0 spiro atoms. The third kappa shape index (κ3) is 6.28. The second-order valence-electron chi connectivity index (χ2n) is 6.27. The van der Waals surface area contributed by atoms with Gasteiger partial charge in [-0.15, -0.1) is 0 Å². The number of nitrogens with zero attached hydrogens (tertiary/aromatic N) is 2. The van der Waals surface area contributed by atoms with E-state index in [0.717, 1.165) is 25.1 Å². The first-order valence-electron chi connectivity index (χ1n) is 8.72. The highest BCUT2D eigenvalue weighted by Gasteiger charge is 2.38. The van der Waals surface area contributed by atoms with E-state index < -0.39 is 5.97 Å². The Bertz CT molecular complexity index is 455. The lowest BCUT2D eigenvalue weighted by Crippen LogP contribution is -2.60. The van der Waals surface area contributed by atoms with Crippen molar-refractivity contribution in [3.8, 4) is 0 Å². The molecule has 0 saturated heterocycles. The number of hydrogen-bond donors (Lipinski definition) is 1. The maximum atomic E-state index is 11.1. The zero-order valence-corrected chi connectivity index (χ0v) is 14.5. The molecule has 0 aromatic heterocycles. The third-order valence-corrected chi connectivity index (χ3v) is 4.41. The molecule has 0 aromatic carbocycles. The smallest absolute Gasteiger partial charge is 0.209 e. The fraction of sp³-hybridized carbons (Fsp3) is 0.667. The Hall–Kier alpha value is -1.46. The number of quaternary nitrogens is 1. The molecule has 0 aliphatic carbocycles. The first-order valence-corrected chi connectivity index (χ1v) is 8.72. The maximum Gasteiger partial charge on any atom is 0.209 e. The van der Waals surface area contributed by atoms with E-state index in [2.05, 4.69) is 24.1 Å². The molecule has 130 valence electrons. The lowest BCUT2D eigenvalue weighted by atomic mass is 10.1. The van der Waals surface area contributed by atoms with Crippen molar-refractivity contribution in [3.63, 3.8) is 0 Å². The van der Waals surface area contributed by atoms with Gasteiger partial charge < -0.3 is 9.90 Å². The fourth-order valence-corrected chi connectivity index (χ4v) is 3.00. The molecule has 0 saturated carbocycles. The monoisotopic (exact) mass is 321 g/mol. The van der Waals surface area contributed by atoms with Crippen LogP contribution < -0.4 is 10.8 Å². The molecule has 5 heteroatoms. The molecular formula is C18H31N3O2. The van der Waals surface area contributed by atoms with E-state index in [1.54, 1.807) is 12.4 Å². The molecule has 0 aromatic rings. The van der Waals surface area contributed by atoms with Gasteiger partial charge in [0.1, 0.15) is 18.9 Å². The Morgan fingerprint density at radius 3 is 2.57 bits per heavy atom. The van der Waals surface area contributed by atoms with Crippen LogP contribution in [0.1, 0.15) is 65.2 Å². The number of aliphatic carboxylic acids is 1. The van der Waals surface area contributed by atoms with E-state index in [1.807, 2.05) is 6.92 Å². The maximum absolute atomic E-state index is 11.1. The summed E-state index contributed by atoms with van der Waals surface area (Å²) in [5, 5.41) is 11.1. The normalized spacial score (nSPS) is 21.8. The van der Waals surface area contributed by atoms with Crippen LogP contribution in [-0.4, -0.2) is 29.0 Å². The summed E-state index contributed by atoms with van der Waals surface area (Å²) in [6.07, 6.45) is 16.6. The molecular weight excluding hydrogens is 290 g/mol. The van der Waals surface area contributed by atoms with Gasteiger partial charge in [-0.05, 0) is 26.2 Å². The van der Waals surface area contributed by atoms with Crippen molar-refractivity contribution >= 4 is 11.8 Å². The molecule has 1 heterocycles. The van der Waals surface area contributed by atoms with Crippen molar-refractivity contribution in [2.45, 2.75) is 71.4 Å². The van der Waals surface area contributed by atoms with Crippen LogP contribution in [0.4, 0.5) is 0 Å². The number of hydrogen-bond acceptors (Lipinski definition) is 4. The van der Waals surface area contributed by atoms with Crippen molar-refractivity contribution in [1.29, 1.82) is 0 Å². The Morgan fingerprint density at radius 2 is 1.96 bits per heavy atom. The fourth-order valence-electron chi connectivity index (χ4n) is 3.00. The van der Waals surface area contributed by atoms with Crippen molar-refractivity contribution < 1.29 is 14.4 Å². The summed E-state index contributed by atoms with van der Waals surface area (Å²) in [6, 6.07) is 0. The van der Waals surface area contributed by atoms with E-state index in [9.17, 15) is 9.90 Å². The highest BCUT2D eigenvalue weighted by molar-refractivity contribution is 5.81. The predicted molar refractivity (Wildman–Crippen MR) is 92.1 cm³/mol. The van der Waals surface area contributed by atoms with Crippen molar-refractivity contribution in [2.75, 3.05) is 6.54 Å². The van der Waals surface area contributed by atoms with Crippen molar-refractivity contribution in [1.82, 2.24) is 0 Å². The van der Waals surface area contributed by atoms with E-state index >= 15 is 0 Å². The summed E-state index contributed by atoms with van der Waals surface area (Å²) in [6.45, 7) is 3.73. The largest absolute Gasteiger partial charge is 0.544 e. The number of carbonyl (C=O) groups is 1. The Labute approximate surface area is 140 Å². The van der Waals surface area contributed by atoms with Crippen LogP contribution in [0, 0.1) is 0 Å². The second-order valence-corrected chi connectivity index (χ2v) is 6.27. The summed E-state index contributed by atoms with van der Waals surface area (Å²) >= 11 is 0. The van der Waals surface area contributed by atoms with Crippen molar-refractivity contribution in [2.24, 2.45) is 10.7 Å². The van der Waals surface area contributed by atoms with E-state index in [0.29, 0.717) is 0 Å². The lowest BCUT2D eigenvalue weighted by Gasteiger charge is -2.36. The lowest BCUT2D eigenvalue weighted by molar-refractivity contribution is -0.808. The second kappa shape index (κ2) is 10.3. The number of rotatable bonds is 12. The van der Waals surface area contributed by atoms with Crippen LogP contribution in [0.15, 0.2) is 29.5 Å². The molecule has 2 atom stereocenters. The molecule has 0 fully saturated rings. The van der Waals surface area contributed by atoms with Crippen LogP contribution in [0.5, 0.6) is 0 Å². The molecule has 2 N–H and O–H groups in total. The van der Waals surface area contributed by atoms with Gasteiger partial charge in [-0.25, -0.2) is 9.48 Å². The number of carboxylic acid groups (broad SMARTS) is 1. The summed E-state index contributed by atoms with van der Waals surface area (Å²) in [7, 11) is 0. The Kier molecular flexibility index (Phi) is 8.81. The molecule has 1 aliphatic rings. The van der Waals surface area contributed by atoms with E-state index in [1.165, 1.54) is 32.1 Å². The molecule has 1 aliphatic heterocycles. The number of amidine groups is 1. The minimum atomic E-state index is -1.09. The van der Waals surface area contributed by atoms with Crippen LogP contribution in [0.2, 0.25) is 0 Å². The highest BCUT2D eigenvalue weighted by Crippen LogP contribution is 2.23. The van der Waals surface area contributed by atoms with Gasteiger partial charge >= 0.3 is 0 Å². The van der Waals surface area contributed by atoms with Gasteiger partial charge in [0.25, 0.3) is 0 Å². The van der Waals surface area contributed by atoms with Gasteiger partial charge in [0, 0.05) is 13.3 Å². The number of carbonyl (C=O) groups excluding carboxylic acids is 1. The van der Waals surface area contributed by atoms with Gasteiger partial charge in [-0.2, -0.15) is 0 Å². The average molecular weight is 321 g/mol. The minimum Gasteiger partial charge on any atom is -0.544 e. The summed E-state index contributed by atoms with van der Waals surface area (Å²) < 4.78 is 0.103. The Balaban J connectivity index is 2.29. The SMILES string of the molecule is C/C=C/CCCCCCCCC1=NC=C[N+]1(CC(=O)[O-])C(C)N. The predicted octanol–water partition coefficient (Wildman–Crippen LogP) is 2.44. The molecule has 23 heavy (non-hydrogen) atoms. The van der Waals surface area contributed by atoms with Gasteiger partial charge in [0.15, 0.2) is 0 Å². The van der Waals surface area contributed by atoms with Crippen LogP contribution in [0.3, 0.4) is 0 Å². The number of nitrogens with two attached hydrogens (primary N) is 1. The third-order valence-electron chi connectivity index (χ3n) is 4.41. The van der Waals surface area contributed by atoms with E-state index in [4.69, 9.17) is 5.73 Å². The van der Waals surface area contributed by atoms with Crippen LogP contribution >= 0.6 is 0 Å². The number of carboxylic acids is 1. The number of allylic oxidation sites excluding steroid dienone is 2. The topological polar surface area (TPSA) is 78.5 Å². The molecule has 5 nitrogen and oxygen atoms in total. The highest BCUT2D eigenvalue weighted by atomic mass is 16.4. The Morgan fingerprint density at radius 1 is 1.30 bits per heavy atom. The van der Waals surface area contributed by atoms with Gasteiger partial charge in [0.2, 0.25) is 5.84 Å². The zero-order valence-electron chi connectivity index (χ0n) is 14.5. The van der Waals surface area contributed by atoms with Crippen LogP contribution in [-0.2, 0) is 4.79 Å². The summed E-state index contributed by atoms with van der Waals surface area (Å²) in [4.78, 5) is 15.4. The van der Waals surface area contributed by atoms with Gasteiger partial charge in [-0.1, -0.05) is 37.8 Å². The molecule has 1 rings (SSSR count). The molecule has 0 amide bonds. The van der Waals surface area contributed by atoms with E-state index in [-0.39, 0.29) is 17.2 Å². The number of aliphatic imine (C=N–C) groups is 1. The summed E-state index contributed by atoms with van der Waals surface area (Å²) in [5.41, 5.74) is 6.02. The average Bonchev–Trinajstić information content (AvgIpc) is 2.89.